The van der Waals surface area contributed by atoms with Crippen molar-refractivity contribution in [2.45, 2.75) is 28.9 Å². The van der Waals surface area contributed by atoms with E-state index in [1.54, 1.807) is 16.3 Å². The van der Waals surface area contributed by atoms with Crippen molar-refractivity contribution < 1.29 is 4.79 Å². The lowest BCUT2D eigenvalue weighted by Crippen LogP contribution is -2.27. The minimum atomic E-state index is -0.195. The van der Waals surface area contributed by atoms with Crippen LogP contribution in [0.5, 0.6) is 0 Å². The van der Waals surface area contributed by atoms with Crippen LogP contribution in [0.4, 0.5) is 0 Å². The molecule has 1 saturated carbocycles. The smallest absolute Gasteiger partial charge is 0.344 e. The van der Waals surface area contributed by atoms with Crippen molar-refractivity contribution in [3.05, 3.63) is 39.8 Å². The molecule has 128 valence electrons. The third kappa shape index (κ3) is 4.81. The number of hydrogen-bond donors (Lipinski definition) is 2. The molecular weight excluding hydrogens is 368 g/mol. The van der Waals surface area contributed by atoms with Gasteiger partial charge in [-0.3, -0.25) is 9.36 Å². The van der Waals surface area contributed by atoms with Crippen LogP contribution in [0, 0.1) is 0 Å². The van der Waals surface area contributed by atoms with Gasteiger partial charge in [0.1, 0.15) is 0 Å². The first kappa shape index (κ1) is 17.4. The molecule has 1 heterocycles. The van der Waals surface area contributed by atoms with Crippen LogP contribution in [0.25, 0.3) is 0 Å². The molecule has 2 N–H and O–H groups in total. The summed E-state index contributed by atoms with van der Waals surface area (Å²) in [4.78, 5) is 24.7. The molecule has 0 radical (unpaired) electrons. The number of carbonyl (C=O) groups is 1. The normalized spacial score (nSPS) is 13.9. The van der Waals surface area contributed by atoms with Gasteiger partial charge in [0.05, 0.1) is 5.75 Å². The zero-order valence-corrected chi connectivity index (χ0v) is 15.2. The van der Waals surface area contributed by atoms with Crippen molar-refractivity contribution >= 4 is 41.0 Å². The largest absolute Gasteiger partial charge is 0.355 e. The highest BCUT2D eigenvalue weighted by atomic mass is 35.5. The number of nitrogens with one attached hydrogen (secondary N) is 2. The van der Waals surface area contributed by atoms with E-state index in [4.69, 9.17) is 11.6 Å². The third-order valence-electron chi connectivity index (χ3n) is 3.42. The van der Waals surface area contributed by atoms with E-state index in [9.17, 15) is 9.59 Å². The monoisotopic (exact) mass is 384 g/mol. The molecule has 9 heteroatoms. The number of H-pyrrole nitrogens is 1. The average Bonchev–Trinajstić information content (AvgIpc) is 3.34. The number of aromatic nitrogens is 3. The summed E-state index contributed by atoms with van der Waals surface area (Å²) in [5, 5.41) is 10.6. The van der Waals surface area contributed by atoms with Gasteiger partial charge in [-0.2, -0.15) is 0 Å². The van der Waals surface area contributed by atoms with E-state index in [0.717, 1.165) is 23.5 Å². The van der Waals surface area contributed by atoms with Crippen molar-refractivity contribution in [2.24, 2.45) is 0 Å². The number of aromatic amines is 1. The van der Waals surface area contributed by atoms with E-state index in [0.29, 0.717) is 16.7 Å². The summed E-state index contributed by atoms with van der Waals surface area (Å²) < 4.78 is 1.65. The summed E-state index contributed by atoms with van der Waals surface area (Å²) in [7, 11) is 0. The van der Waals surface area contributed by atoms with Gasteiger partial charge in [0.2, 0.25) is 5.91 Å². The first-order valence-electron chi connectivity index (χ1n) is 7.58. The van der Waals surface area contributed by atoms with E-state index in [1.807, 2.05) is 24.3 Å². The molecule has 0 saturated heterocycles. The molecule has 0 bridgehead atoms. The van der Waals surface area contributed by atoms with Crippen LogP contribution < -0.4 is 11.0 Å². The Kier molecular flexibility index (Phi) is 5.91. The number of hydrogen-bond acceptors (Lipinski definition) is 5. The van der Waals surface area contributed by atoms with Crippen LogP contribution in [-0.2, 0) is 4.79 Å². The van der Waals surface area contributed by atoms with Gasteiger partial charge in [0, 0.05) is 28.3 Å². The number of carbonyl (C=O) groups excluding carboxylic acids is 1. The van der Waals surface area contributed by atoms with Crippen molar-refractivity contribution in [1.82, 2.24) is 20.1 Å². The van der Waals surface area contributed by atoms with Gasteiger partial charge in [-0.1, -0.05) is 23.4 Å². The summed E-state index contributed by atoms with van der Waals surface area (Å²) in [6, 6.07) is 7.86. The number of benzene rings is 1. The molecule has 3 rings (SSSR count). The minimum Gasteiger partial charge on any atom is -0.355 e. The lowest BCUT2D eigenvalue weighted by atomic mass is 10.4. The van der Waals surface area contributed by atoms with E-state index in [-0.39, 0.29) is 23.4 Å². The molecule has 1 fully saturated rings. The lowest BCUT2D eigenvalue weighted by Gasteiger charge is -2.06. The quantitative estimate of drug-likeness (QED) is 0.540. The fraction of sp³-hybridized carbons (Fsp3) is 0.400. The maximum Gasteiger partial charge on any atom is 0.344 e. The Bertz CT molecular complexity index is 756. The van der Waals surface area contributed by atoms with E-state index in [1.165, 1.54) is 11.8 Å². The number of amides is 1. The predicted molar refractivity (Wildman–Crippen MR) is 97.0 cm³/mol. The van der Waals surface area contributed by atoms with Crippen LogP contribution in [0.1, 0.15) is 18.9 Å². The van der Waals surface area contributed by atoms with Crippen LogP contribution in [-0.4, -0.2) is 38.7 Å². The Morgan fingerprint density at radius 2 is 2.08 bits per heavy atom. The zero-order valence-electron chi connectivity index (χ0n) is 12.8. The molecule has 0 atom stereocenters. The summed E-state index contributed by atoms with van der Waals surface area (Å²) in [5.41, 5.74) is -0.195. The second-order valence-electron chi connectivity index (χ2n) is 5.35. The molecule has 1 aliphatic carbocycles. The van der Waals surface area contributed by atoms with Crippen molar-refractivity contribution in [3.63, 3.8) is 0 Å². The lowest BCUT2D eigenvalue weighted by molar-refractivity contribution is -0.118. The van der Waals surface area contributed by atoms with Gasteiger partial charge in [-0.25, -0.2) is 9.89 Å². The molecule has 0 spiro atoms. The third-order valence-corrected chi connectivity index (χ3v) is 5.64. The Balaban J connectivity index is 1.37. The number of thioether (sulfide) groups is 2. The van der Waals surface area contributed by atoms with Crippen LogP contribution in [0.15, 0.2) is 39.1 Å². The summed E-state index contributed by atoms with van der Waals surface area (Å²) in [6.07, 6.45) is 2.00. The molecule has 2 aromatic rings. The summed E-state index contributed by atoms with van der Waals surface area (Å²) >= 11 is 8.79. The standard InChI is InChI=1S/C15H17ClN4O2S2/c16-10-1-5-12(6-2-10)23-8-7-17-13(21)9-24-15-19-18-14(22)20(15)11-3-4-11/h1-2,5-6,11H,3-4,7-9H2,(H,17,21)(H,18,22). The van der Waals surface area contributed by atoms with E-state index < -0.39 is 0 Å². The van der Waals surface area contributed by atoms with Gasteiger partial charge in [-0.05, 0) is 37.1 Å². The second-order valence-corrected chi connectivity index (χ2v) is 7.90. The predicted octanol–water partition coefficient (Wildman–Crippen LogP) is 2.56. The zero-order chi connectivity index (χ0) is 16.9. The number of halogens is 1. The molecule has 0 unspecified atom stereocenters. The molecular formula is C15H17ClN4O2S2. The first-order valence-corrected chi connectivity index (χ1v) is 9.93. The van der Waals surface area contributed by atoms with Crippen LogP contribution in [0.2, 0.25) is 5.02 Å². The topological polar surface area (TPSA) is 79.8 Å². The average molecular weight is 385 g/mol. The maximum atomic E-state index is 11.9. The van der Waals surface area contributed by atoms with Gasteiger partial charge >= 0.3 is 5.69 Å². The Morgan fingerprint density at radius 1 is 1.33 bits per heavy atom. The second kappa shape index (κ2) is 8.13. The minimum absolute atomic E-state index is 0.0606. The SMILES string of the molecule is O=C(CSc1n[nH]c(=O)n1C1CC1)NCCSc1ccc(Cl)cc1. The Hall–Kier alpha value is -1.38. The molecule has 0 aliphatic heterocycles. The van der Waals surface area contributed by atoms with Gasteiger partial charge < -0.3 is 5.32 Å². The number of rotatable bonds is 8. The molecule has 1 amide bonds. The van der Waals surface area contributed by atoms with Crippen molar-refractivity contribution in [2.75, 3.05) is 18.1 Å². The molecule has 6 nitrogen and oxygen atoms in total. The molecule has 1 aromatic heterocycles. The molecule has 24 heavy (non-hydrogen) atoms. The van der Waals surface area contributed by atoms with Gasteiger partial charge in [0.25, 0.3) is 0 Å². The van der Waals surface area contributed by atoms with Gasteiger partial charge in [-0.15, -0.1) is 16.9 Å². The van der Waals surface area contributed by atoms with E-state index >= 15 is 0 Å². The van der Waals surface area contributed by atoms with Gasteiger partial charge in [0.15, 0.2) is 5.16 Å². The van der Waals surface area contributed by atoms with E-state index in [2.05, 4.69) is 15.5 Å². The summed E-state index contributed by atoms with van der Waals surface area (Å²) in [6.45, 7) is 0.586. The van der Waals surface area contributed by atoms with Crippen LogP contribution in [0.3, 0.4) is 0 Å². The highest BCUT2D eigenvalue weighted by Crippen LogP contribution is 2.35. The highest BCUT2D eigenvalue weighted by molar-refractivity contribution is 7.99. The Morgan fingerprint density at radius 3 is 2.79 bits per heavy atom. The van der Waals surface area contributed by atoms with Crippen molar-refractivity contribution in [3.8, 4) is 0 Å². The maximum absolute atomic E-state index is 11.9. The molecule has 1 aliphatic rings. The number of nitrogens with zero attached hydrogens (tertiary/aromatic N) is 2. The van der Waals surface area contributed by atoms with Crippen molar-refractivity contribution in [1.29, 1.82) is 0 Å². The fourth-order valence-electron chi connectivity index (χ4n) is 2.12. The first-order chi connectivity index (χ1) is 11.6. The van der Waals surface area contributed by atoms with Crippen LogP contribution >= 0.6 is 35.1 Å². The fourth-order valence-corrected chi connectivity index (χ4v) is 3.86. The molecule has 1 aromatic carbocycles. The summed E-state index contributed by atoms with van der Waals surface area (Å²) in [5.74, 6) is 0.977. The highest BCUT2D eigenvalue weighted by Gasteiger charge is 2.28. The Labute approximate surface area is 152 Å².